The summed E-state index contributed by atoms with van der Waals surface area (Å²) in [6.07, 6.45) is 2.31. The standard InChI is InChI=1S/C22H34N6.HI/c1-16(2)28-12-10-18(11-13-28)25-22(23-3)24-15-17-14-21(27(4)5)26-20-9-7-6-8-19(17)20;/h6-9,14,16,18H,10-13,15H2,1-5H3,(H2,23,24,25);1H. The Hall–Kier alpha value is -1.61. The number of nitrogens with one attached hydrogen (secondary N) is 2. The number of pyridine rings is 1. The highest BCUT2D eigenvalue weighted by Crippen LogP contribution is 2.22. The first kappa shape index (κ1) is 23.7. The van der Waals surface area contributed by atoms with E-state index in [2.05, 4.69) is 58.6 Å². The number of piperidine rings is 1. The van der Waals surface area contributed by atoms with Gasteiger partial charge in [0.1, 0.15) is 5.82 Å². The summed E-state index contributed by atoms with van der Waals surface area (Å²) in [6.45, 7) is 7.56. The number of aromatic nitrogens is 1. The molecular formula is C22H35IN6. The lowest BCUT2D eigenvalue weighted by Crippen LogP contribution is -2.49. The topological polar surface area (TPSA) is 55.8 Å². The van der Waals surface area contributed by atoms with Crippen LogP contribution in [0.4, 0.5) is 5.82 Å². The fourth-order valence-corrected chi connectivity index (χ4v) is 3.73. The van der Waals surface area contributed by atoms with Gasteiger partial charge < -0.3 is 20.4 Å². The third kappa shape index (κ3) is 6.18. The van der Waals surface area contributed by atoms with Gasteiger partial charge in [-0.25, -0.2) is 4.98 Å². The Kier molecular flexibility index (Phi) is 8.95. The quantitative estimate of drug-likeness (QED) is 0.367. The number of guanidine groups is 1. The minimum absolute atomic E-state index is 0. The summed E-state index contributed by atoms with van der Waals surface area (Å²) in [7, 11) is 5.89. The van der Waals surface area contributed by atoms with Crippen LogP contribution in [0.1, 0.15) is 32.3 Å². The summed E-state index contributed by atoms with van der Waals surface area (Å²) in [5.41, 5.74) is 2.25. The molecule has 0 unspecified atom stereocenters. The van der Waals surface area contributed by atoms with Gasteiger partial charge in [0.2, 0.25) is 0 Å². The normalized spacial score (nSPS) is 16.0. The van der Waals surface area contributed by atoms with Crippen molar-refractivity contribution in [3.05, 3.63) is 35.9 Å². The van der Waals surface area contributed by atoms with Crippen molar-refractivity contribution in [3.63, 3.8) is 0 Å². The lowest BCUT2D eigenvalue weighted by molar-refractivity contribution is 0.167. The van der Waals surface area contributed by atoms with E-state index in [9.17, 15) is 0 Å². The largest absolute Gasteiger partial charge is 0.363 e. The lowest BCUT2D eigenvalue weighted by Gasteiger charge is -2.35. The van der Waals surface area contributed by atoms with E-state index < -0.39 is 0 Å². The van der Waals surface area contributed by atoms with Gasteiger partial charge in [0.25, 0.3) is 0 Å². The zero-order chi connectivity index (χ0) is 20.1. The van der Waals surface area contributed by atoms with Crippen LogP contribution in [0.15, 0.2) is 35.3 Å². The molecule has 0 aliphatic carbocycles. The van der Waals surface area contributed by atoms with Crippen LogP contribution in [0, 0.1) is 0 Å². The first-order valence-electron chi connectivity index (χ1n) is 10.2. The van der Waals surface area contributed by atoms with Gasteiger partial charge in [-0.05, 0) is 44.4 Å². The van der Waals surface area contributed by atoms with E-state index in [1.807, 2.05) is 32.1 Å². The van der Waals surface area contributed by atoms with Crippen molar-refractivity contribution in [2.75, 3.05) is 39.1 Å². The predicted molar refractivity (Wildman–Crippen MR) is 135 cm³/mol. The van der Waals surface area contributed by atoms with Gasteiger partial charge in [-0.2, -0.15) is 0 Å². The van der Waals surface area contributed by atoms with E-state index in [0.29, 0.717) is 18.6 Å². The fraction of sp³-hybridized carbons (Fsp3) is 0.545. The van der Waals surface area contributed by atoms with E-state index >= 15 is 0 Å². The number of halogens is 1. The van der Waals surface area contributed by atoms with Crippen LogP contribution in [0.2, 0.25) is 0 Å². The van der Waals surface area contributed by atoms with Gasteiger partial charge in [-0.3, -0.25) is 4.99 Å². The number of nitrogens with zero attached hydrogens (tertiary/aromatic N) is 4. The second-order valence-corrected chi connectivity index (χ2v) is 8.03. The van der Waals surface area contributed by atoms with Crippen LogP contribution in [-0.4, -0.2) is 62.2 Å². The van der Waals surface area contributed by atoms with Crippen molar-refractivity contribution in [3.8, 4) is 0 Å². The summed E-state index contributed by atoms with van der Waals surface area (Å²) in [4.78, 5) is 13.8. The third-order valence-corrected chi connectivity index (χ3v) is 5.52. The Labute approximate surface area is 192 Å². The summed E-state index contributed by atoms with van der Waals surface area (Å²) in [5, 5.41) is 8.29. The molecule has 0 bridgehead atoms. The smallest absolute Gasteiger partial charge is 0.191 e. The number of aliphatic imine (C=N–C) groups is 1. The molecule has 0 saturated carbocycles. The van der Waals surface area contributed by atoms with Crippen LogP contribution in [0.5, 0.6) is 0 Å². The molecule has 0 spiro atoms. The van der Waals surface area contributed by atoms with E-state index in [4.69, 9.17) is 4.98 Å². The van der Waals surface area contributed by atoms with Gasteiger partial charge in [0.15, 0.2) is 5.96 Å². The Morgan fingerprint density at radius 3 is 2.55 bits per heavy atom. The molecule has 2 N–H and O–H groups in total. The summed E-state index contributed by atoms with van der Waals surface area (Å²) in [5.74, 6) is 1.84. The Morgan fingerprint density at radius 1 is 1.24 bits per heavy atom. The van der Waals surface area contributed by atoms with Crippen molar-refractivity contribution < 1.29 is 0 Å². The van der Waals surface area contributed by atoms with Crippen molar-refractivity contribution in [1.82, 2.24) is 20.5 Å². The van der Waals surface area contributed by atoms with E-state index in [1.54, 1.807) is 0 Å². The summed E-state index contributed by atoms with van der Waals surface area (Å²) in [6, 6.07) is 11.6. The SMILES string of the molecule is CN=C(NCc1cc(N(C)C)nc2ccccc12)NC1CCN(C(C)C)CC1.I. The molecule has 1 aromatic carbocycles. The molecule has 1 aliphatic rings. The summed E-state index contributed by atoms with van der Waals surface area (Å²) < 4.78 is 0. The van der Waals surface area contributed by atoms with Crippen LogP contribution < -0.4 is 15.5 Å². The predicted octanol–water partition coefficient (Wildman–Crippen LogP) is 3.46. The maximum atomic E-state index is 4.75. The molecule has 1 fully saturated rings. The maximum Gasteiger partial charge on any atom is 0.191 e. The Balaban J connectivity index is 0.00000300. The van der Waals surface area contributed by atoms with Crippen molar-refractivity contribution in [1.29, 1.82) is 0 Å². The molecule has 0 atom stereocenters. The van der Waals surface area contributed by atoms with Crippen LogP contribution in [0.25, 0.3) is 10.9 Å². The van der Waals surface area contributed by atoms with Crippen LogP contribution in [0.3, 0.4) is 0 Å². The molecule has 3 rings (SSSR count). The highest BCUT2D eigenvalue weighted by Gasteiger charge is 2.21. The number of hydrogen-bond acceptors (Lipinski definition) is 4. The summed E-state index contributed by atoms with van der Waals surface area (Å²) >= 11 is 0. The average molecular weight is 510 g/mol. The average Bonchev–Trinajstić information content (AvgIpc) is 2.70. The molecule has 1 saturated heterocycles. The number of hydrogen-bond donors (Lipinski definition) is 2. The number of anilines is 1. The molecule has 7 heteroatoms. The maximum absolute atomic E-state index is 4.75. The number of benzene rings is 1. The van der Waals surface area contributed by atoms with E-state index in [0.717, 1.165) is 43.2 Å². The molecule has 29 heavy (non-hydrogen) atoms. The Bertz CT molecular complexity index is 812. The van der Waals surface area contributed by atoms with Gasteiger partial charge >= 0.3 is 0 Å². The van der Waals surface area contributed by atoms with Gasteiger partial charge in [-0.1, -0.05) is 18.2 Å². The van der Waals surface area contributed by atoms with Crippen LogP contribution in [-0.2, 0) is 6.54 Å². The zero-order valence-electron chi connectivity index (χ0n) is 18.3. The van der Waals surface area contributed by atoms with E-state index in [1.165, 1.54) is 10.9 Å². The molecule has 6 nitrogen and oxygen atoms in total. The Morgan fingerprint density at radius 2 is 1.93 bits per heavy atom. The molecule has 0 radical (unpaired) electrons. The number of para-hydroxylation sites is 1. The lowest BCUT2D eigenvalue weighted by atomic mass is 10.0. The minimum atomic E-state index is 0. The first-order chi connectivity index (χ1) is 13.5. The highest BCUT2D eigenvalue weighted by atomic mass is 127. The molecule has 0 amide bonds. The number of fused-ring (bicyclic) bond motifs is 1. The molecule has 160 valence electrons. The first-order valence-corrected chi connectivity index (χ1v) is 10.2. The van der Waals surface area contributed by atoms with Gasteiger partial charge in [-0.15, -0.1) is 24.0 Å². The highest BCUT2D eigenvalue weighted by molar-refractivity contribution is 14.0. The second kappa shape index (κ2) is 11.0. The van der Waals surface area contributed by atoms with Gasteiger partial charge in [0, 0.05) is 58.2 Å². The molecule has 1 aliphatic heterocycles. The second-order valence-electron chi connectivity index (χ2n) is 8.03. The molecule has 1 aromatic heterocycles. The molecular weight excluding hydrogens is 475 g/mol. The fourth-order valence-electron chi connectivity index (χ4n) is 3.73. The number of rotatable bonds is 5. The third-order valence-electron chi connectivity index (χ3n) is 5.52. The van der Waals surface area contributed by atoms with Gasteiger partial charge in [0.05, 0.1) is 5.52 Å². The number of likely N-dealkylation sites (tertiary alicyclic amines) is 1. The monoisotopic (exact) mass is 510 g/mol. The molecule has 2 heterocycles. The van der Waals surface area contributed by atoms with Crippen molar-refractivity contribution in [2.24, 2.45) is 4.99 Å². The van der Waals surface area contributed by atoms with Crippen molar-refractivity contribution in [2.45, 2.75) is 45.3 Å². The zero-order valence-corrected chi connectivity index (χ0v) is 20.6. The van der Waals surface area contributed by atoms with Crippen LogP contribution >= 0.6 is 24.0 Å². The minimum Gasteiger partial charge on any atom is -0.363 e. The van der Waals surface area contributed by atoms with Crippen molar-refractivity contribution >= 4 is 46.7 Å². The molecule has 2 aromatic rings. The van der Waals surface area contributed by atoms with E-state index in [-0.39, 0.29) is 24.0 Å².